The maximum absolute atomic E-state index is 10.9. The molecule has 4 rings (SSSR count). The summed E-state index contributed by atoms with van der Waals surface area (Å²) in [6.07, 6.45) is 2.28. The summed E-state index contributed by atoms with van der Waals surface area (Å²) in [5.74, 6) is 1.63. The van der Waals surface area contributed by atoms with Crippen molar-refractivity contribution >= 4 is 0 Å². The second-order valence-corrected chi connectivity index (χ2v) is 7.72. The largest absolute Gasteiger partial charge is 0.454 e. The molecule has 0 aliphatic carbocycles. The van der Waals surface area contributed by atoms with Gasteiger partial charge in [0.1, 0.15) is 10.2 Å². The highest BCUT2D eigenvalue weighted by Crippen LogP contribution is 2.39. The van der Waals surface area contributed by atoms with Crippen LogP contribution in [0.15, 0.2) is 30.3 Å². The number of nitrogens with zero attached hydrogens (tertiary/aromatic N) is 1. The van der Waals surface area contributed by atoms with Gasteiger partial charge in [-0.25, -0.2) is 0 Å². The lowest BCUT2D eigenvalue weighted by Crippen LogP contribution is -2.63. The second kappa shape index (κ2) is 7.18. The van der Waals surface area contributed by atoms with Crippen molar-refractivity contribution in [2.24, 2.45) is 0 Å². The van der Waals surface area contributed by atoms with Crippen molar-refractivity contribution < 1.29 is 38.0 Å². The number of aryl methyl sites for hydroxylation is 2. The summed E-state index contributed by atoms with van der Waals surface area (Å²) in [5.41, 5.74) is 4.40. The van der Waals surface area contributed by atoms with Gasteiger partial charge in [-0.15, -0.1) is 0 Å². The normalized spacial score (nSPS) is 17.2. The Bertz CT molecular complexity index is 851. The van der Waals surface area contributed by atoms with E-state index in [1.54, 1.807) is 6.07 Å². The summed E-state index contributed by atoms with van der Waals surface area (Å²) in [4.78, 5) is 2.22. The van der Waals surface area contributed by atoms with Gasteiger partial charge in [-0.3, -0.25) is 0 Å². The smallest absolute Gasteiger partial charge is 0.288 e. The molecule has 7 nitrogen and oxygen atoms in total. The van der Waals surface area contributed by atoms with E-state index < -0.39 is 10.2 Å². The van der Waals surface area contributed by atoms with Gasteiger partial charge in [0.15, 0.2) is 11.5 Å². The van der Waals surface area contributed by atoms with Crippen molar-refractivity contribution in [2.75, 3.05) is 20.4 Å². The first-order valence-electron chi connectivity index (χ1n) is 8.70. The number of fused-ring (bicyclic) bond motifs is 4. The Morgan fingerprint density at radius 2 is 1.74 bits per heavy atom. The maximum Gasteiger partial charge on any atom is 0.288 e. The van der Waals surface area contributed by atoms with Gasteiger partial charge in [-0.1, -0.05) is 16.4 Å². The van der Waals surface area contributed by atoms with Crippen LogP contribution in [-0.4, -0.2) is 25.3 Å². The van der Waals surface area contributed by atoms with Crippen molar-refractivity contribution in [3.05, 3.63) is 52.6 Å². The summed E-state index contributed by atoms with van der Waals surface area (Å²) in [5, 5.41) is 0. The molecule has 0 saturated heterocycles. The lowest BCUT2D eigenvalue weighted by atomic mass is 9.93. The first-order valence-corrected chi connectivity index (χ1v) is 9.93. The van der Waals surface area contributed by atoms with Crippen LogP contribution in [0.2, 0.25) is 0 Å². The SMILES string of the molecule is CN1CCc2ccc(O[Cl+3]([O-])([O-])[O-])cc2CCc2ccc3c(c2C1)OCO3. The number of hydrogen-bond donors (Lipinski definition) is 0. The lowest BCUT2D eigenvalue weighted by Gasteiger charge is -2.23. The molecule has 2 heterocycles. The van der Waals surface area contributed by atoms with Gasteiger partial charge in [0.25, 0.3) is 5.75 Å². The van der Waals surface area contributed by atoms with Crippen LogP contribution in [0.3, 0.4) is 0 Å². The van der Waals surface area contributed by atoms with E-state index in [1.165, 1.54) is 11.6 Å². The van der Waals surface area contributed by atoms with Gasteiger partial charge in [0.05, 0.1) is 0 Å². The molecule has 0 amide bonds. The van der Waals surface area contributed by atoms with E-state index in [2.05, 4.69) is 22.3 Å². The summed E-state index contributed by atoms with van der Waals surface area (Å²) in [6, 6.07) is 8.99. The molecule has 0 bridgehead atoms. The zero-order valence-corrected chi connectivity index (χ0v) is 15.7. The van der Waals surface area contributed by atoms with Crippen LogP contribution < -0.4 is 27.7 Å². The lowest BCUT2D eigenvalue weighted by molar-refractivity contribution is -1.91. The second-order valence-electron chi connectivity index (χ2n) is 6.81. The predicted molar refractivity (Wildman–Crippen MR) is 87.1 cm³/mol. The van der Waals surface area contributed by atoms with Crippen LogP contribution in [0.4, 0.5) is 0 Å². The Kier molecular flexibility index (Phi) is 4.88. The summed E-state index contributed by atoms with van der Waals surface area (Å²) >= 11 is 0. The molecule has 2 aromatic carbocycles. The number of rotatable bonds is 2. The highest BCUT2D eigenvalue weighted by atomic mass is 35.7. The third kappa shape index (κ3) is 4.12. The maximum atomic E-state index is 10.9. The molecule has 0 radical (unpaired) electrons. The summed E-state index contributed by atoms with van der Waals surface area (Å²) in [7, 11) is -2.45. The van der Waals surface area contributed by atoms with Crippen molar-refractivity contribution in [3.8, 4) is 17.2 Å². The molecular weight excluding hydrogens is 374 g/mol. The zero-order chi connectivity index (χ0) is 19.0. The van der Waals surface area contributed by atoms with E-state index in [1.807, 2.05) is 12.1 Å². The van der Waals surface area contributed by atoms with Crippen LogP contribution in [0.5, 0.6) is 17.2 Å². The van der Waals surface area contributed by atoms with Crippen LogP contribution in [0.25, 0.3) is 0 Å². The third-order valence-electron chi connectivity index (χ3n) is 4.95. The first-order chi connectivity index (χ1) is 12.9. The number of ether oxygens (including phenoxy) is 2. The van der Waals surface area contributed by atoms with Gasteiger partial charge in [0, 0.05) is 24.7 Å². The fourth-order valence-electron chi connectivity index (χ4n) is 3.64. The van der Waals surface area contributed by atoms with Crippen molar-refractivity contribution in [1.82, 2.24) is 4.90 Å². The molecule has 0 N–H and O–H groups in total. The van der Waals surface area contributed by atoms with Crippen molar-refractivity contribution in [1.29, 1.82) is 0 Å². The van der Waals surface area contributed by atoms with Crippen molar-refractivity contribution in [3.63, 3.8) is 0 Å². The third-order valence-corrected chi connectivity index (χ3v) is 5.32. The zero-order valence-electron chi connectivity index (χ0n) is 14.9. The average molecular weight is 394 g/mol. The van der Waals surface area contributed by atoms with E-state index in [0.29, 0.717) is 6.42 Å². The first kappa shape index (κ1) is 18.3. The standard InChI is InChI=1S/C19H20ClNO6/c1-21-9-8-13-4-6-16(27-20(22,23)24)10-15(13)3-2-14-5-7-18-19(17(14)11-21)26-12-25-18/h4-7,10H,2-3,8-9,11-12H2,1H3. The molecule has 2 aromatic rings. The predicted octanol–water partition coefficient (Wildman–Crippen LogP) is -0.535. The topological polar surface area (TPSA) is 100 Å². The minimum Gasteiger partial charge on any atom is -0.454 e. The molecule has 8 heteroatoms. The fourth-order valence-corrected chi connectivity index (χ4v) is 3.96. The Morgan fingerprint density at radius 3 is 2.56 bits per heavy atom. The number of hydrogen-bond acceptors (Lipinski definition) is 7. The molecule has 144 valence electrons. The molecule has 2 aliphatic heterocycles. The van der Waals surface area contributed by atoms with Gasteiger partial charge in [-0.2, -0.15) is 14.0 Å². The van der Waals surface area contributed by atoms with E-state index in [-0.39, 0.29) is 12.5 Å². The molecular formula is C19H20ClNO6. The van der Waals surface area contributed by atoms with E-state index in [0.717, 1.165) is 54.1 Å². The van der Waals surface area contributed by atoms with Crippen LogP contribution in [-0.2, 0) is 25.8 Å². The number of halogens is 1. The van der Waals surface area contributed by atoms with Crippen molar-refractivity contribution in [2.45, 2.75) is 25.8 Å². The average Bonchev–Trinajstić information content (AvgIpc) is 3.07. The van der Waals surface area contributed by atoms with Gasteiger partial charge in [0.2, 0.25) is 6.79 Å². The summed E-state index contributed by atoms with van der Waals surface area (Å²) < 4.78 is 48.3. The van der Waals surface area contributed by atoms with Crippen LogP contribution in [0.1, 0.15) is 22.3 Å². The Hall–Kier alpha value is -2.03. The molecule has 0 fully saturated rings. The Morgan fingerprint density at radius 1 is 0.963 bits per heavy atom. The molecule has 0 spiro atoms. The highest BCUT2D eigenvalue weighted by Gasteiger charge is 2.24. The van der Waals surface area contributed by atoms with E-state index >= 15 is 0 Å². The molecule has 0 saturated carbocycles. The highest BCUT2D eigenvalue weighted by molar-refractivity contribution is 5.52. The number of benzene rings is 2. The minimum absolute atomic E-state index is 0.0433. The fraction of sp³-hybridized carbons (Fsp3) is 0.368. The van der Waals surface area contributed by atoms with Crippen LogP contribution in [0, 0.1) is 10.2 Å². The van der Waals surface area contributed by atoms with Gasteiger partial charge in [-0.05, 0) is 55.1 Å². The Balaban J connectivity index is 1.67. The summed E-state index contributed by atoms with van der Waals surface area (Å²) in [6.45, 7) is 1.84. The van der Waals surface area contributed by atoms with E-state index in [4.69, 9.17) is 9.47 Å². The van der Waals surface area contributed by atoms with E-state index in [9.17, 15) is 14.0 Å². The number of likely N-dealkylation sites (N-methyl/N-ethyl adjacent to an activating group) is 1. The molecule has 0 aromatic heterocycles. The van der Waals surface area contributed by atoms with Crippen LogP contribution >= 0.6 is 0 Å². The minimum atomic E-state index is -4.50. The quantitative estimate of drug-likeness (QED) is 0.675. The van der Waals surface area contributed by atoms with Gasteiger partial charge < -0.3 is 14.4 Å². The molecule has 0 unspecified atom stereocenters. The molecule has 27 heavy (non-hydrogen) atoms. The van der Waals surface area contributed by atoms with Gasteiger partial charge >= 0.3 is 0 Å². The Labute approximate surface area is 159 Å². The monoisotopic (exact) mass is 393 g/mol. The molecule has 2 aliphatic rings. The molecule has 0 atom stereocenters.